The van der Waals surface area contributed by atoms with Crippen molar-refractivity contribution in [2.75, 3.05) is 25.4 Å². The monoisotopic (exact) mass is 451 g/mol. The zero-order chi connectivity index (χ0) is 23.1. The summed E-state index contributed by atoms with van der Waals surface area (Å²) < 4.78 is 28.3. The standard InChI is InChI=1S/C25H29N3O3S/c1-19-9-7-13-22(15-19)27-32(30,31)24-14-8-12-21(17-24)25(29)26-23(18-28(2)3)16-20-10-5-4-6-11-20/h4-15,17,23,27H,16,18H2,1-3H3,(H,26,29). The Hall–Kier alpha value is -3.16. The van der Waals surface area contributed by atoms with Crippen LogP contribution in [0.15, 0.2) is 83.8 Å². The molecule has 7 heteroatoms. The van der Waals surface area contributed by atoms with Crippen molar-refractivity contribution in [2.24, 2.45) is 0 Å². The normalized spacial score (nSPS) is 12.4. The van der Waals surface area contributed by atoms with E-state index in [-0.39, 0.29) is 16.8 Å². The number of aryl methyl sites for hydroxylation is 1. The van der Waals surface area contributed by atoms with Crippen molar-refractivity contribution >= 4 is 21.6 Å². The fourth-order valence-electron chi connectivity index (χ4n) is 3.50. The van der Waals surface area contributed by atoms with Crippen molar-refractivity contribution < 1.29 is 13.2 Å². The predicted octanol–water partition coefficient (Wildman–Crippen LogP) is 3.70. The summed E-state index contributed by atoms with van der Waals surface area (Å²) in [7, 11) is 0.0850. The number of nitrogens with one attached hydrogen (secondary N) is 2. The van der Waals surface area contributed by atoms with Crippen LogP contribution in [0.25, 0.3) is 0 Å². The summed E-state index contributed by atoms with van der Waals surface area (Å²) in [5, 5.41) is 3.05. The molecule has 32 heavy (non-hydrogen) atoms. The highest BCUT2D eigenvalue weighted by molar-refractivity contribution is 7.92. The van der Waals surface area contributed by atoms with Gasteiger partial charge in [-0.05, 0) is 68.9 Å². The van der Waals surface area contributed by atoms with Gasteiger partial charge in [-0.3, -0.25) is 9.52 Å². The van der Waals surface area contributed by atoms with E-state index < -0.39 is 10.0 Å². The molecular formula is C25H29N3O3S. The molecule has 3 aromatic rings. The number of anilines is 1. The average molecular weight is 452 g/mol. The summed E-state index contributed by atoms with van der Waals surface area (Å²) in [4.78, 5) is 15.0. The van der Waals surface area contributed by atoms with E-state index in [9.17, 15) is 13.2 Å². The van der Waals surface area contributed by atoms with E-state index in [1.54, 1.807) is 30.3 Å². The highest BCUT2D eigenvalue weighted by Gasteiger charge is 2.19. The van der Waals surface area contributed by atoms with Gasteiger partial charge in [0.25, 0.3) is 15.9 Å². The molecule has 6 nitrogen and oxygen atoms in total. The van der Waals surface area contributed by atoms with E-state index in [1.807, 2.05) is 62.3 Å². The molecule has 168 valence electrons. The van der Waals surface area contributed by atoms with Crippen molar-refractivity contribution in [1.82, 2.24) is 10.2 Å². The van der Waals surface area contributed by atoms with E-state index in [0.29, 0.717) is 24.2 Å². The van der Waals surface area contributed by atoms with Gasteiger partial charge in [0.05, 0.1) is 4.90 Å². The molecule has 0 aromatic heterocycles. The van der Waals surface area contributed by atoms with E-state index in [2.05, 4.69) is 10.0 Å². The van der Waals surface area contributed by atoms with Gasteiger partial charge in [0, 0.05) is 23.8 Å². The van der Waals surface area contributed by atoms with E-state index >= 15 is 0 Å². The summed E-state index contributed by atoms with van der Waals surface area (Å²) >= 11 is 0. The van der Waals surface area contributed by atoms with Gasteiger partial charge < -0.3 is 10.2 Å². The Bertz CT molecular complexity index is 1160. The van der Waals surface area contributed by atoms with Gasteiger partial charge in [0.1, 0.15) is 0 Å². The highest BCUT2D eigenvalue weighted by atomic mass is 32.2. The lowest BCUT2D eigenvalue weighted by Crippen LogP contribution is -2.43. The molecule has 0 aliphatic rings. The quantitative estimate of drug-likeness (QED) is 0.520. The number of hydrogen-bond donors (Lipinski definition) is 2. The second kappa shape index (κ2) is 10.4. The smallest absolute Gasteiger partial charge is 0.261 e. The maximum absolute atomic E-state index is 13.0. The molecular weight excluding hydrogens is 422 g/mol. The fraction of sp³-hybridized carbons (Fsp3) is 0.240. The molecule has 0 fully saturated rings. The third-order valence-corrected chi connectivity index (χ3v) is 6.30. The largest absolute Gasteiger partial charge is 0.348 e. The Morgan fingerprint density at radius 2 is 1.66 bits per heavy atom. The van der Waals surface area contributed by atoms with Crippen molar-refractivity contribution in [3.63, 3.8) is 0 Å². The van der Waals surface area contributed by atoms with Gasteiger partial charge >= 0.3 is 0 Å². The van der Waals surface area contributed by atoms with Gasteiger partial charge in [-0.1, -0.05) is 48.5 Å². The molecule has 0 radical (unpaired) electrons. The van der Waals surface area contributed by atoms with Crippen LogP contribution in [0.2, 0.25) is 0 Å². The minimum absolute atomic E-state index is 0.0406. The van der Waals surface area contributed by atoms with Crippen molar-refractivity contribution in [2.45, 2.75) is 24.3 Å². The molecule has 0 saturated heterocycles. The van der Waals surface area contributed by atoms with Gasteiger partial charge in [-0.15, -0.1) is 0 Å². The molecule has 0 heterocycles. The molecule has 0 spiro atoms. The molecule has 1 amide bonds. The lowest BCUT2D eigenvalue weighted by atomic mass is 10.0. The number of carbonyl (C=O) groups excluding carboxylic acids is 1. The number of carbonyl (C=O) groups is 1. The summed E-state index contributed by atoms with van der Waals surface area (Å²) in [5.41, 5.74) is 2.85. The summed E-state index contributed by atoms with van der Waals surface area (Å²) in [6, 6.07) is 23.0. The van der Waals surface area contributed by atoms with Crippen LogP contribution in [0, 0.1) is 6.92 Å². The van der Waals surface area contributed by atoms with E-state index in [1.165, 1.54) is 12.1 Å². The Labute approximate surface area is 190 Å². The van der Waals surface area contributed by atoms with Crippen LogP contribution in [-0.4, -0.2) is 45.9 Å². The van der Waals surface area contributed by atoms with Crippen LogP contribution in [0.1, 0.15) is 21.5 Å². The van der Waals surface area contributed by atoms with E-state index in [0.717, 1.165) is 11.1 Å². The molecule has 2 N–H and O–H groups in total. The minimum atomic E-state index is -3.82. The number of rotatable bonds is 9. The molecule has 3 aromatic carbocycles. The third-order valence-electron chi connectivity index (χ3n) is 4.92. The van der Waals surface area contributed by atoms with Gasteiger partial charge in [-0.25, -0.2) is 8.42 Å². The number of sulfonamides is 1. The topological polar surface area (TPSA) is 78.5 Å². The van der Waals surface area contributed by atoms with E-state index in [4.69, 9.17) is 0 Å². The maximum atomic E-state index is 13.0. The fourth-order valence-corrected chi connectivity index (χ4v) is 4.59. The summed E-state index contributed by atoms with van der Waals surface area (Å²) in [6.07, 6.45) is 0.678. The van der Waals surface area contributed by atoms with Crippen LogP contribution >= 0.6 is 0 Å². The highest BCUT2D eigenvalue weighted by Crippen LogP contribution is 2.18. The number of likely N-dealkylation sites (N-methyl/N-ethyl adjacent to an activating group) is 1. The second-order valence-corrected chi connectivity index (χ2v) is 9.81. The van der Waals surface area contributed by atoms with Crippen LogP contribution in [0.4, 0.5) is 5.69 Å². The third kappa shape index (κ3) is 6.67. The number of benzene rings is 3. The molecule has 0 saturated carbocycles. The number of nitrogens with zero attached hydrogens (tertiary/aromatic N) is 1. The summed E-state index contributed by atoms with van der Waals surface area (Å²) in [6.45, 7) is 2.55. The average Bonchev–Trinajstić information content (AvgIpc) is 2.74. The van der Waals surface area contributed by atoms with Crippen LogP contribution in [0.3, 0.4) is 0 Å². The molecule has 3 rings (SSSR count). The molecule has 1 unspecified atom stereocenters. The summed E-state index contributed by atoms with van der Waals surface area (Å²) in [5.74, 6) is -0.305. The minimum Gasteiger partial charge on any atom is -0.348 e. The van der Waals surface area contributed by atoms with Gasteiger partial charge in [0.15, 0.2) is 0 Å². The Morgan fingerprint density at radius 1 is 0.938 bits per heavy atom. The second-order valence-electron chi connectivity index (χ2n) is 8.13. The van der Waals surface area contributed by atoms with Crippen LogP contribution < -0.4 is 10.0 Å². The lowest BCUT2D eigenvalue weighted by Gasteiger charge is -2.23. The first-order valence-electron chi connectivity index (χ1n) is 10.4. The number of amides is 1. The molecule has 0 aliphatic carbocycles. The van der Waals surface area contributed by atoms with Gasteiger partial charge in [-0.2, -0.15) is 0 Å². The lowest BCUT2D eigenvalue weighted by molar-refractivity contribution is 0.0930. The maximum Gasteiger partial charge on any atom is 0.261 e. The number of hydrogen-bond acceptors (Lipinski definition) is 4. The molecule has 0 aliphatic heterocycles. The van der Waals surface area contributed by atoms with Crippen LogP contribution in [-0.2, 0) is 16.4 Å². The molecule has 1 atom stereocenters. The first-order valence-corrected chi connectivity index (χ1v) is 11.9. The van der Waals surface area contributed by atoms with Gasteiger partial charge in [0.2, 0.25) is 0 Å². The first-order chi connectivity index (χ1) is 15.2. The van der Waals surface area contributed by atoms with Crippen molar-refractivity contribution in [1.29, 1.82) is 0 Å². The predicted molar refractivity (Wildman–Crippen MR) is 128 cm³/mol. The Morgan fingerprint density at radius 3 is 2.34 bits per heavy atom. The zero-order valence-corrected chi connectivity index (χ0v) is 19.4. The Balaban J connectivity index is 1.77. The van der Waals surface area contributed by atoms with Crippen molar-refractivity contribution in [3.05, 3.63) is 95.6 Å². The first kappa shape index (κ1) is 23.5. The molecule has 0 bridgehead atoms. The SMILES string of the molecule is Cc1cccc(NS(=O)(=O)c2cccc(C(=O)NC(Cc3ccccc3)CN(C)C)c2)c1. The van der Waals surface area contributed by atoms with Crippen LogP contribution in [0.5, 0.6) is 0 Å². The van der Waals surface area contributed by atoms with Crippen molar-refractivity contribution in [3.8, 4) is 0 Å². The Kier molecular flexibility index (Phi) is 7.66. The zero-order valence-electron chi connectivity index (χ0n) is 18.6.